The van der Waals surface area contributed by atoms with Gasteiger partial charge in [0, 0.05) is 18.2 Å². The Morgan fingerprint density at radius 2 is 2.03 bits per heavy atom. The SMILES string of the molecule is Cc1cn([C@H]2C[C@H](O)[C@@H](CO)O2)c(=O)[nH]c1=O.N=C(N)N.Nc1ncnc2nc[nH]c12. The van der Waals surface area contributed by atoms with Crippen LogP contribution in [0.1, 0.15) is 18.2 Å². The highest BCUT2D eigenvalue weighted by atomic mass is 16.5. The monoisotopic (exact) mass is 436 g/mol. The molecule has 4 rings (SSSR count). The summed E-state index contributed by atoms with van der Waals surface area (Å²) in [6, 6.07) is 0. The summed E-state index contributed by atoms with van der Waals surface area (Å²) < 4.78 is 6.54. The van der Waals surface area contributed by atoms with Crippen molar-refractivity contribution in [3.63, 3.8) is 0 Å². The smallest absolute Gasteiger partial charge is 0.330 e. The molecule has 0 saturated carbocycles. The second-order valence-corrected chi connectivity index (χ2v) is 6.41. The van der Waals surface area contributed by atoms with Crippen molar-refractivity contribution in [1.82, 2.24) is 29.5 Å². The molecule has 3 aromatic heterocycles. The Bertz CT molecular complexity index is 1140. The number of aryl methyl sites for hydroxylation is 1. The van der Waals surface area contributed by atoms with Gasteiger partial charge in [-0.1, -0.05) is 0 Å². The largest absolute Gasteiger partial charge is 0.394 e. The highest BCUT2D eigenvalue weighted by molar-refractivity contribution is 5.80. The van der Waals surface area contributed by atoms with Crippen molar-refractivity contribution in [1.29, 1.82) is 5.41 Å². The number of H-pyrrole nitrogens is 2. The second kappa shape index (κ2) is 10.3. The van der Waals surface area contributed by atoms with Crippen LogP contribution >= 0.6 is 0 Å². The number of aliphatic hydroxyl groups is 2. The number of ether oxygens (including phenoxy) is 1. The molecule has 1 aliphatic rings. The summed E-state index contributed by atoms with van der Waals surface area (Å²) in [5.41, 5.74) is 15.1. The van der Waals surface area contributed by atoms with Crippen molar-refractivity contribution < 1.29 is 14.9 Å². The first-order valence-corrected chi connectivity index (χ1v) is 8.89. The van der Waals surface area contributed by atoms with Gasteiger partial charge in [-0.2, -0.15) is 0 Å². The molecule has 1 fully saturated rings. The molecule has 1 saturated heterocycles. The number of rotatable bonds is 2. The van der Waals surface area contributed by atoms with E-state index >= 15 is 0 Å². The highest BCUT2D eigenvalue weighted by Gasteiger charge is 2.34. The van der Waals surface area contributed by atoms with E-state index in [1.807, 2.05) is 0 Å². The molecule has 0 bridgehead atoms. The first-order valence-electron chi connectivity index (χ1n) is 8.89. The van der Waals surface area contributed by atoms with Gasteiger partial charge in [0.15, 0.2) is 17.4 Å². The zero-order chi connectivity index (χ0) is 23.1. The summed E-state index contributed by atoms with van der Waals surface area (Å²) in [6.07, 6.45) is 2.34. The zero-order valence-corrected chi connectivity index (χ0v) is 16.5. The van der Waals surface area contributed by atoms with Crippen molar-refractivity contribution in [3.05, 3.63) is 45.3 Å². The van der Waals surface area contributed by atoms with Crippen molar-refractivity contribution in [2.24, 2.45) is 11.5 Å². The molecular formula is C16H24N10O5. The number of anilines is 1. The van der Waals surface area contributed by atoms with Crippen molar-refractivity contribution in [2.75, 3.05) is 12.3 Å². The van der Waals surface area contributed by atoms with Gasteiger partial charge in [-0.15, -0.1) is 0 Å². The van der Waals surface area contributed by atoms with E-state index in [1.165, 1.54) is 23.4 Å². The van der Waals surface area contributed by atoms with Gasteiger partial charge >= 0.3 is 5.69 Å². The summed E-state index contributed by atoms with van der Waals surface area (Å²) in [5.74, 6) is 0.0995. The summed E-state index contributed by atoms with van der Waals surface area (Å²) in [4.78, 5) is 39.3. The molecule has 15 heteroatoms. The normalized spacial score (nSPS) is 19.8. The molecule has 31 heavy (non-hydrogen) atoms. The van der Waals surface area contributed by atoms with Crippen LogP contribution in [0.4, 0.5) is 5.82 Å². The van der Waals surface area contributed by atoms with E-state index in [0.717, 1.165) is 0 Å². The van der Waals surface area contributed by atoms with E-state index in [-0.39, 0.29) is 19.0 Å². The number of hydrogen-bond donors (Lipinski definition) is 8. The lowest BCUT2D eigenvalue weighted by atomic mass is 10.2. The maximum absolute atomic E-state index is 11.6. The minimum Gasteiger partial charge on any atom is -0.394 e. The van der Waals surface area contributed by atoms with Crippen LogP contribution in [-0.2, 0) is 4.74 Å². The van der Waals surface area contributed by atoms with Gasteiger partial charge in [-0.25, -0.2) is 19.7 Å². The highest BCUT2D eigenvalue weighted by Crippen LogP contribution is 2.27. The molecule has 15 nitrogen and oxygen atoms in total. The van der Waals surface area contributed by atoms with Gasteiger partial charge in [0.1, 0.15) is 24.2 Å². The Labute approximate surface area is 174 Å². The predicted octanol–water partition coefficient (Wildman–Crippen LogP) is -2.74. The Balaban J connectivity index is 0.000000205. The van der Waals surface area contributed by atoms with E-state index in [4.69, 9.17) is 21.0 Å². The van der Waals surface area contributed by atoms with Gasteiger partial charge in [-0.05, 0) is 6.92 Å². The molecular weight excluding hydrogens is 412 g/mol. The van der Waals surface area contributed by atoms with Crippen LogP contribution in [0.3, 0.4) is 0 Å². The minimum atomic E-state index is -0.816. The second-order valence-electron chi connectivity index (χ2n) is 6.41. The molecule has 3 aromatic rings. The number of hydrogen-bond acceptors (Lipinski definition) is 10. The van der Waals surface area contributed by atoms with E-state index in [0.29, 0.717) is 22.5 Å². The molecule has 0 aliphatic carbocycles. The fraction of sp³-hybridized carbons (Fsp3) is 0.375. The molecule has 0 aromatic carbocycles. The topological polar surface area (TPSA) is 261 Å². The van der Waals surface area contributed by atoms with Crippen LogP contribution in [0.25, 0.3) is 11.2 Å². The van der Waals surface area contributed by atoms with Gasteiger partial charge in [0.2, 0.25) is 0 Å². The number of nitrogens with zero attached hydrogens (tertiary/aromatic N) is 4. The number of nitrogens with one attached hydrogen (secondary N) is 3. The Morgan fingerprint density at radius 1 is 1.35 bits per heavy atom. The van der Waals surface area contributed by atoms with Gasteiger partial charge in [0.05, 0.1) is 19.0 Å². The maximum atomic E-state index is 11.6. The molecule has 0 radical (unpaired) electrons. The van der Waals surface area contributed by atoms with Crippen LogP contribution in [0.5, 0.6) is 0 Å². The van der Waals surface area contributed by atoms with Crippen molar-refractivity contribution in [3.8, 4) is 0 Å². The van der Waals surface area contributed by atoms with Crippen molar-refractivity contribution in [2.45, 2.75) is 31.8 Å². The molecule has 3 atom stereocenters. The number of aromatic amines is 2. The number of nitrogens with two attached hydrogens (primary N) is 3. The fourth-order valence-electron chi connectivity index (χ4n) is 2.63. The first-order chi connectivity index (χ1) is 14.6. The fourth-order valence-corrected chi connectivity index (χ4v) is 2.63. The number of aromatic nitrogens is 6. The number of nitrogen functional groups attached to an aromatic ring is 1. The van der Waals surface area contributed by atoms with Crippen LogP contribution in [0.15, 0.2) is 28.4 Å². The van der Waals surface area contributed by atoms with E-state index in [9.17, 15) is 14.7 Å². The average molecular weight is 436 g/mol. The molecule has 0 spiro atoms. The van der Waals surface area contributed by atoms with E-state index < -0.39 is 29.7 Å². The quantitative estimate of drug-likeness (QED) is 0.151. The molecule has 1 aliphatic heterocycles. The summed E-state index contributed by atoms with van der Waals surface area (Å²) in [6.45, 7) is 1.26. The van der Waals surface area contributed by atoms with Crippen LogP contribution in [0.2, 0.25) is 0 Å². The maximum Gasteiger partial charge on any atom is 0.330 e. The number of guanidine groups is 1. The number of aliphatic hydroxyl groups excluding tert-OH is 2. The van der Waals surface area contributed by atoms with E-state index in [1.54, 1.807) is 6.92 Å². The Hall–Kier alpha value is -3.82. The third-order valence-corrected chi connectivity index (χ3v) is 4.09. The molecule has 4 heterocycles. The van der Waals surface area contributed by atoms with Gasteiger partial charge in [0.25, 0.3) is 5.56 Å². The average Bonchev–Trinajstić information content (AvgIpc) is 3.32. The van der Waals surface area contributed by atoms with Crippen LogP contribution in [0, 0.1) is 12.3 Å². The third-order valence-electron chi connectivity index (χ3n) is 4.09. The van der Waals surface area contributed by atoms with Crippen LogP contribution < -0.4 is 28.5 Å². The lowest BCUT2D eigenvalue weighted by Crippen LogP contribution is -2.33. The number of imidazole rings is 1. The Morgan fingerprint density at radius 3 is 2.61 bits per heavy atom. The van der Waals surface area contributed by atoms with Crippen molar-refractivity contribution >= 4 is 22.9 Å². The Kier molecular flexibility index (Phi) is 7.78. The standard InChI is InChI=1S/C10H14N2O5.C5H5N5.CH5N3/c1-5-3-12(10(16)11-9(5)15)8-2-6(14)7(4-13)17-8;6-4-3-5(9-1-7-3)10-2-8-4;2-1(3)4/h3,6-8,13-14H,2,4H2,1H3,(H,11,15,16);1-2H,(H3,6,7,8,9,10);(H5,2,3,4)/t6-,7+,8+;;/m0../s1. The molecule has 0 amide bonds. The minimum absolute atomic E-state index is 0.205. The lowest BCUT2D eigenvalue weighted by molar-refractivity contribution is -0.0459. The first kappa shape index (κ1) is 23.5. The lowest BCUT2D eigenvalue weighted by Gasteiger charge is -2.14. The summed E-state index contributed by atoms with van der Waals surface area (Å²) in [7, 11) is 0. The molecule has 0 unspecified atom stereocenters. The number of fused-ring (bicyclic) bond motifs is 1. The molecule has 168 valence electrons. The van der Waals surface area contributed by atoms with Crippen LogP contribution in [-0.4, -0.2) is 64.5 Å². The van der Waals surface area contributed by atoms with Gasteiger partial charge in [-0.3, -0.25) is 19.8 Å². The van der Waals surface area contributed by atoms with E-state index in [2.05, 4.69) is 36.4 Å². The third kappa shape index (κ3) is 6.08. The van der Waals surface area contributed by atoms with Gasteiger partial charge < -0.3 is 37.1 Å². The molecule has 11 N–H and O–H groups in total. The summed E-state index contributed by atoms with van der Waals surface area (Å²) >= 11 is 0. The zero-order valence-electron chi connectivity index (χ0n) is 16.5. The summed E-state index contributed by atoms with van der Waals surface area (Å²) in [5, 5.41) is 24.6. The predicted molar refractivity (Wildman–Crippen MR) is 110 cm³/mol.